The number of amides is 4. The van der Waals surface area contributed by atoms with Crippen molar-refractivity contribution in [3.8, 4) is 67.3 Å². The number of carbonyl (C=O) groups excluding carboxylic acids is 4. The third-order valence-electron chi connectivity index (χ3n) is 23.0. The first-order valence-corrected chi connectivity index (χ1v) is 42.6. The molecule has 0 radical (unpaired) electrons. The number of aryl methyl sites for hydroxylation is 8. The van der Waals surface area contributed by atoms with Crippen molar-refractivity contribution in [3.05, 3.63) is 381 Å². The van der Waals surface area contributed by atoms with Gasteiger partial charge < -0.3 is 30.1 Å². The van der Waals surface area contributed by atoms with Gasteiger partial charge in [0.05, 0.1) is 96.8 Å². The maximum atomic E-state index is 14.5. The number of hydrogen-bond donors (Lipinski definition) is 4. The zero-order valence-electron chi connectivity index (χ0n) is 71.1. The van der Waals surface area contributed by atoms with Gasteiger partial charge >= 0.3 is 0 Å². The molecule has 2 aliphatic rings. The fourth-order valence-electron chi connectivity index (χ4n) is 15.5. The Kier molecular flexibility index (Phi) is 24.2. The average molecular weight is 1770 g/mol. The average Bonchev–Trinajstić information content (AvgIpc) is 1.61. The van der Waals surface area contributed by atoms with E-state index in [-0.39, 0.29) is 40.6 Å². The maximum absolute atomic E-state index is 14.5. The number of hydrogen-bond acceptors (Lipinski definition) is 12. The molecule has 128 heavy (non-hydrogen) atoms. The number of fused-ring (bicyclic) bond motifs is 4. The van der Waals surface area contributed by atoms with Gasteiger partial charge in [0.2, 0.25) is 0 Å². The summed E-state index contributed by atoms with van der Waals surface area (Å²) in [5.41, 5.74) is 22.6. The Hall–Kier alpha value is -15.2. The highest BCUT2D eigenvalue weighted by atomic mass is 79.9. The molecular formula is C103H85BrF4N16O4. The van der Waals surface area contributed by atoms with E-state index in [2.05, 4.69) is 105 Å². The molecule has 20 nitrogen and oxygen atoms in total. The van der Waals surface area contributed by atoms with Crippen LogP contribution in [-0.4, -0.2) is 81.1 Å². The first kappa shape index (κ1) is 85.0. The Labute approximate surface area is 743 Å². The Balaban J connectivity index is 0.000000120. The number of halogens is 5. The predicted octanol–water partition coefficient (Wildman–Crippen LogP) is 23.9. The molecule has 12 aromatic heterocycles. The Morgan fingerprint density at radius 1 is 0.336 bits per heavy atom. The minimum absolute atomic E-state index is 0.0445. The minimum Gasteiger partial charge on any atom is -0.322 e. The van der Waals surface area contributed by atoms with Crippen molar-refractivity contribution in [3.63, 3.8) is 0 Å². The van der Waals surface area contributed by atoms with Crippen LogP contribution in [0.3, 0.4) is 0 Å². The van der Waals surface area contributed by atoms with Crippen LogP contribution in [0.15, 0.2) is 279 Å². The number of carbonyl (C=O) groups is 4. The van der Waals surface area contributed by atoms with Crippen LogP contribution in [0.5, 0.6) is 0 Å². The van der Waals surface area contributed by atoms with E-state index in [4.69, 9.17) is 4.98 Å². The van der Waals surface area contributed by atoms with Crippen LogP contribution in [0.2, 0.25) is 0 Å². The van der Waals surface area contributed by atoms with E-state index in [0.29, 0.717) is 95.3 Å². The number of nitrogens with one attached hydrogen (secondary N) is 4. The molecule has 2 aliphatic carbocycles. The second-order valence-corrected chi connectivity index (χ2v) is 32.8. The summed E-state index contributed by atoms with van der Waals surface area (Å²) in [6, 6.07) is 61.0. The molecule has 0 unspecified atom stereocenters. The third kappa shape index (κ3) is 18.1. The van der Waals surface area contributed by atoms with Crippen LogP contribution in [-0.2, 0) is 0 Å². The smallest absolute Gasteiger partial charge is 0.257 e. The molecule has 6 aromatic carbocycles. The van der Waals surface area contributed by atoms with Gasteiger partial charge in [-0.25, -0.2) is 37.5 Å². The van der Waals surface area contributed by atoms with E-state index in [1.165, 1.54) is 56.4 Å². The quantitative estimate of drug-likeness (QED) is 0.0661. The minimum atomic E-state index is -0.968. The zero-order valence-corrected chi connectivity index (χ0v) is 72.6. The van der Waals surface area contributed by atoms with E-state index >= 15 is 0 Å². The standard InChI is InChI=1S/C27H19BrF2N4O.C27H20F2N4O.C25H24N4O.C24H22N4O/c1-15-8-10-18(11-9-15)32-27(35)21-13-17(14-31-16(21)2)19-6-4-12-34-24(19)25(28)33-26(34)20-5-3-7-22(29)23(20)30;1-16-5-8-20(9-6-16)32-27(34)23-12-18(14-30-17(23)2)21-4-3-11-33-25(21)15-31-26(33)22-10-7-19(28)13-24(22)29;1-16-8-10-20(11-9-16)28-25(30)22-13-19(14-26-17(22)2)21-7-4-12-29-23(21)15-27-24(29)18-5-3-6-18;1-15-5-9-19(10-6-15)27-24(29)21-12-18(13-25-16(21)2)20-4-3-11-28-22(20)14-26-23(28)17-7-8-17/h3-14H,1-2H3,(H,32,35);3-15H,1-2H3,(H,32,34);4,7-15,18H,3,5-6H2,1-2H3,(H,28,30);3-6,9-14,17H,7-8H2,1-2H3,(H,27,29). The van der Waals surface area contributed by atoms with Gasteiger partial charge in [-0.2, -0.15) is 0 Å². The van der Waals surface area contributed by atoms with Gasteiger partial charge in [-0.1, -0.05) is 108 Å². The van der Waals surface area contributed by atoms with Crippen LogP contribution < -0.4 is 21.3 Å². The SMILES string of the molecule is Cc1ccc(NC(=O)c2cc(-c3cccn4c(-c5ccc(F)cc5F)ncc34)cnc2C)cc1.Cc1ccc(NC(=O)c2cc(-c3cccn4c(-c5cccc(F)c5F)nc(Br)c34)cnc2C)cc1.Cc1ccc(NC(=O)c2cc(-c3cccn4c(C5CC5)ncc34)cnc2C)cc1.Cc1ccc(NC(=O)c2cc(-c3cccn4c(C5CCC5)ncc34)cnc2C)cc1. The van der Waals surface area contributed by atoms with Crippen molar-refractivity contribution in [1.29, 1.82) is 0 Å². The molecule has 0 bridgehead atoms. The summed E-state index contributed by atoms with van der Waals surface area (Å²) in [6.45, 7) is 15.3. The van der Waals surface area contributed by atoms with E-state index in [9.17, 15) is 36.7 Å². The first-order chi connectivity index (χ1) is 61.9. The summed E-state index contributed by atoms with van der Waals surface area (Å²) < 4.78 is 64.4. The molecule has 12 heterocycles. The van der Waals surface area contributed by atoms with Gasteiger partial charge in [-0.05, 0) is 218 Å². The van der Waals surface area contributed by atoms with E-state index < -0.39 is 23.3 Å². The van der Waals surface area contributed by atoms with Crippen LogP contribution in [0.25, 0.3) is 89.4 Å². The molecule has 4 amide bonds. The molecule has 0 spiro atoms. The molecule has 18 aromatic rings. The maximum Gasteiger partial charge on any atom is 0.257 e. The number of anilines is 4. The third-order valence-corrected chi connectivity index (χ3v) is 23.5. The predicted molar refractivity (Wildman–Crippen MR) is 496 cm³/mol. The van der Waals surface area contributed by atoms with Crippen molar-refractivity contribution in [2.75, 3.05) is 21.3 Å². The van der Waals surface area contributed by atoms with Crippen molar-refractivity contribution < 1.29 is 36.7 Å². The van der Waals surface area contributed by atoms with Crippen LogP contribution in [0, 0.1) is 78.7 Å². The van der Waals surface area contributed by atoms with Crippen LogP contribution in [0.4, 0.5) is 40.3 Å². The summed E-state index contributed by atoms with van der Waals surface area (Å²) >= 11 is 3.47. The summed E-state index contributed by atoms with van der Waals surface area (Å²) in [6.07, 6.45) is 26.3. The molecular weight excluding hydrogens is 1680 g/mol. The molecule has 20 rings (SSSR count). The summed E-state index contributed by atoms with van der Waals surface area (Å²) in [4.78, 5) is 87.9. The topological polar surface area (TPSA) is 237 Å². The van der Waals surface area contributed by atoms with Gasteiger partial charge in [0.15, 0.2) is 11.6 Å². The van der Waals surface area contributed by atoms with E-state index in [1.807, 2.05) is 200 Å². The van der Waals surface area contributed by atoms with E-state index in [1.54, 1.807) is 77.9 Å². The monoisotopic (exact) mass is 1760 g/mol. The first-order valence-electron chi connectivity index (χ1n) is 41.8. The highest BCUT2D eigenvalue weighted by molar-refractivity contribution is 9.10. The van der Waals surface area contributed by atoms with Crippen molar-refractivity contribution in [2.45, 2.75) is 99.3 Å². The number of benzene rings is 6. The second-order valence-electron chi connectivity index (χ2n) is 32.0. The number of aromatic nitrogens is 12. The number of rotatable bonds is 16. The van der Waals surface area contributed by atoms with Crippen molar-refractivity contribution >= 4 is 84.4 Å². The Bertz CT molecular complexity index is 7330. The molecule has 2 saturated carbocycles. The highest BCUT2D eigenvalue weighted by Crippen LogP contribution is 2.42. The Morgan fingerprint density at radius 2 is 0.688 bits per heavy atom. The van der Waals surface area contributed by atoms with Gasteiger partial charge in [0.1, 0.15) is 39.5 Å². The molecule has 0 saturated heterocycles. The highest BCUT2D eigenvalue weighted by Gasteiger charge is 2.30. The normalized spacial score (nSPS) is 12.3. The molecule has 636 valence electrons. The van der Waals surface area contributed by atoms with Gasteiger partial charge in [0.25, 0.3) is 23.6 Å². The van der Waals surface area contributed by atoms with Gasteiger partial charge in [0, 0.05) is 135 Å². The zero-order chi connectivity index (χ0) is 89.1. The fourth-order valence-corrected chi connectivity index (χ4v) is 16.1. The van der Waals surface area contributed by atoms with Gasteiger partial charge in [-0.3, -0.25) is 47.9 Å². The Morgan fingerprint density at radius 3 is 1.07 bits per heavy atom. The largest absolute Gasteiger partial charge is 0.322 e. The lowest BCUT2D eigenvalue weighted by Gasteiger charge is -2.24. The second kappa shape index (κ2) is 36.5. The van der Waals surface area contributed by atoms with Crippen molar-refractivity contribution in [1.82, 2.24) is 57.5 Å². The molecule has 0 atom stereocenters. The van der Waals surface area contributed by atoms with Crippen LogP contribution >= 0.6 is 15.9 Å². The summed E-state index contributed by atoms with van der Waals surface area (Å²) in [5.74, 6) is -0.105. The lowest BCUT2D eigenvalue weighted by Crippen LogP contribution is -2.14. The van der Waals surface area contributed by atoms with E-state index in [0.717, 1.165) is 107 Å². The molecule has 2 fully saturated rings. The molecule has 0 aliphatic heterocycles. The van der Waals surface area contributed by atoms with Crippen LogP contribution in [0.1, 0.15) is 142 Å². The van der Waals surface area contributed by atoms with Crippen molar-refractivity contribution in [2.24, 2.45) is 0 Å². The fraction of sp³-hybridized carbons (Fsp3) is 0.146. The summed E-state index contributed by atoms with van der Waals surface area (Å²) in [7, 11) is 0. The summed E-state index contributed by atoms with van der Waals surface area (Å²) in [5, 5.41) is 11.8. The lowest BCUT2D eigenvalue weighted by molar-refractivity contribution is 0.101. The van der Waals surface area contributed by atoms with Gasteiger partial charge in [-0.15, -0.1) is 0 Å². The lowest BCUT2D eigenvalue weighted by atomic mass is 9.85. The number of nitrogens with zero attached hydrogens (tertiary/aromatic N) is 12. The molecule has 25 heteroatoms. The molecule has 4 N–H and O–H groups in total. The number of pyridine rings is 8. The number of imidazole rings is 4.